The third kappa shape index (κ3) is 7.86. The molecule has 1 atom stereocenters. The van der Waals surface area contributed by atoms with E-state index in [0.717, 1.165) is 10.5 Å². The fourth-order valence-electron chi connectivity index (χ4n) is 4.09. The molecule has 0 bridgehead atoms. The van der Waals surface area contributed by atoms with Gasteiger partial charge in [-0.15, -0.1) is 0 Å². The van der Waals surface area contributed by atoms with E-state index in [1.165, 1.54) is 12.3 Å². The molecule has 0 aliphatic rings. The van der Waals surface area contributed by atoms with Crippen LogP contribution >= 0.6 is 0 Å². The number of amides is 2. The zero-order valence-corrected chi connectivity index (χ0v) is 25.2. The van der Waals surface area contributed by atoms with E-state index < -0.39 is 41.2 Å². The number of hydrogen-bond acceptors (Lipinski definition) is 8. The highest BCUT2D eigenvalue weighted by Gasteiger charge is 2.35. The molecule has 2 aromatic carbocycles. The Morgan fingerprint density at radius 2 is 1.60 bits per heavy atom. The molecule has 1 unspecified atom stereocenters. The highest BCUT2D eigenvalue weighted by atomic mass is 19.1. The predicted molar refractivity (Wildman–Crippen MR) is 158 cm³/mol. The van der Waals surface area contributed by atoms with Crippen molar-refractivity contribution in [1.29, 1.82) is 0 Å². The number of nitrogens with one attached hydrogen (secondary N) is 1. The number of rotatable bonds is 8. The van der Waals surface area contributed by atoms with Gasteiger partial charge in [0.05, 0.1) is 6.61 Å². The van der Waals surface area contributed by atoms with Crippen molar-refractivity contribution >= 4 is 40.4 Å². The number of carbonyl (C=O) groups excluding carboxylic acids is 2. The maximum Gasteiger partial charge on any atom is 0.425 e. The molecule has 1 aromatic heterocycles. The van der Waals surface area contributed by atoms with Crippen molar-refractivity contribution in [2.24, 2.45) is 0 Å². The minimum absolute atomic E-state index is 0.0153. The number of carboxylic acid groups (broad SMARTS) is 1. The number of carbonyl (C=O) groups is 3. The number of aryl methyl sites for hydroxylation is 1. The monoisotopic (exact) mass is 583 g/mol. The van der Waals surface area contributed by atoms with E-state index in [1.807, 2.05) is 6.92 Å². The standard InChI is InChI=1S/C31H38FN3O7/c1-9-18-15-22(24(32)23(16-18)40-10-2)25(27(36)37)34-20-11-12-21-19(17-20)13-14-33-26(21)35(28(38)41-30(3,4)5)29(39)42-31(6,7)8/h11-17,25,34H,9-10H2,1-8H3,(H,36,37). The Hall–Kier alpha value is -4.41. The van der Waals surface area contributed by atoms with E-state index in [0.29, 0.717) is 22.9 Å². The fraction of sp³-hybridized carbons (Fsp3) is 0.419. The molecule has 0 aliphatic carbocycles. The lowest BCUT2D eigenvalue weighted by Gasteiger charge is -2.28. The number of aromatic nitrogens is 1. The summed E-state index contributed by atoms with van der Waals surface area (Å²) in [5.74, 6) is -2.09. The zero-order valence-electron chi connectivity index (χ0n) is 25.2. The SMILES string of the molecule is CCOc1cc(CC)cc(C(Nc2ccc3c(N(C(=O)OC(C)(C)C)C(=O)OC(C)(C)C)nccc3c2)C(=O)O)c1F. The summed E-state index contributed by atoms with van der Waals surface area (Å²) in [6.45, 7) is 13.8. The normalized spacial score (nSPS) is 12.4. The number of ether oxygens (including phenoxy) is 3. The molecular formula is C31H38FN3O7. The van der Waals surface area contributed by atoms with Gasteiger partial charge in [0.1, 0.15) is 11.2 Å². The average Bonchev–Trinajstić information content (AvgIpc) is 2.86. The van der Waals surface area contributed by atoms with Crippen LogP contribution in [0.4, 0.5) is 25.5 Å². The maximum atomic E-state index is 15.3. The summed E-state index contributed by atoms with van der Waals surface area (Å²) < 4.78 is 31.7. The van der Waals surface area contributed by atoms with Crippen LogP contribution in [0.3, 0.4) is 0 Å². The van der Waals surface area contributed by atoms with Crippen LogP contribution in [0.5, 0.6) is 5.75 Å². The second-order valence-corrected chi connectivity index (χ2v) is 11.6. The Morgan fingerprint density at radius 1 is 0.976 bits per heavy atom. The van der Waals surface area contributed by atoms with Crippen LogP contribution in [-0.4, -0.2) is 46.1 Å². The third-order valence-electron chi connectivity index (χ3n) is 5.81. The topological polar surface area (TPSA) is 127 Å². The van der Waals surface area contributed by atoms with Crippen molar-refractivity contribution in [3.05, 3.63) is 59.5 Å². The molecule has 0 aliphatic heterocycles. The number of fused-ring (bicyclic) bond motifs is 1. The summed E-state index contributed by atoms with van der Waals surface area (Å²) in [5.41, 5.74) is -0.801. The Bertz CT molecular complexity index is 1450. The highest BCUT2D eigenvalue weighted by Crippen LogP contribution is 2.33. The molecule has 226 valence electrons. The largest absolute Gasteiger partial charge is 0.491 e. The lowest BCUT2D eigenvalue weighted by Crippen LogP contribution is -2.44. The molecule has 1 heterocycles. The Kier molecular flexibility index (Phi) is 9.65. The van der Waals surface area contributed by atoms with Gasteiger partial charge in [-0.05, 0) is 102 Å². The predicted octanol–water partition coefficient (Wildman–Crippen LogP) is 7.25. The summed E-state index contributed by atoms with van der Waals surface area (Å²) >= 11 is 0. The Labute approximate surface area is 244 Å². The molecule has 2 N–H and O–H groups in total. The summed E-state index contributed by atoms with van der Waals surface area (Å²) in [7, 11) is 0. The Morgan fingerprint density at radius 3 is 2.12 bits per heavy atom. The van der Waals surface area contributed by atoms with Crippen molar-refractivity contribution in [1.82, 2.24) is 4.98 Å². The number of halogens is 1. The van der Waals surface area contributed by atoms with Crippen molar-refractivity contribution in [3.8, 4) is 5.75 Å². The minimum Gasteiger partial charge on any atom is -0.491 e. The van der Waals surface area contributed by atoms with Gasteiger partial charge in [0, 0.05) is 22.8 Å². The smallest absolute Gasteiger partial charge is 0.425 e. The van der Waals surface area contributed by atoms with Gasteiger partial charge in [-0.1, -0.05) is 6.92 Å². The molecular weight excluding hydrogens is 545 g/mol. The number of imide groups is 1. The van der Waals surface area contributed by atoms with E-state index in [9.17, 15) is 19.5 Å². The lowest BCUT2D eigenvalue weighted by molar-refractivity contribution is -0.138. The van der Waals surface area contributed by atoms with E-state index in [1.54, 1.807) is 78.8 Å². The van der Waals surface area contributed by atoms with Crippen molar-refractivity contribution < 1.29 is 38.1 Å². The van der Waals surface area contributed by atoms with E-state index in [2.05, 4.69) is 10.3 Å². The van der Waals surface area contributed by atoms with Gasteiger partial charge in [0.2, 0.25) is 0 Å². The first kappa shape index (κ1) is 32.1. The van der Waals surface area contributed by atoms with Crippen LogP contribution < -0.4 is 15.0 Å². The first-order valence-corrected chi connectivity index (χ1v) is 13.6. The number of nitrogens with zero attached hydrogens (tertiary/aromatic N) is 2. The quantitative estimate of drug-likeness (QED) is 0.282. The molecule has 11 heteroatoms. The molecule has 42 heavy (non-hydrogen) atoms. The number of benzene rings is 2. The molecule has 0 saturated carbocycles. The number of carboxylic acids is 1. The summed E-state index contributed by atoms with van der Waals surface area (Å²) in [4.78, 5) is 43.7. The van der Waals surface area contributed by atoms with Crippen molar-refractivity contribution in [3.63, 3.8) is 0 Å². The van der Waals surface area contributed by atoms with Gasteiger partial charge in [0.25, 0.3) is 0 Å². The van der Waals surface area contributed by atoms with Gasteiger partial charge < -0.3 is 24.6 Å². The minimum atomic E-state index is -1.44. The second-order valence-electron chi connectivity index (χ2n) is 11.6. The molecule has 0 fully saturated rings. The second kappa shape index (κ2) is 12.6. The molecule has 3 aromatic rings. The van der Waals surface area contributed by atoms with Gasteiger partial charge in [-0.2, -0.15) is 4.90 Å². The Balaban J connectivity index is 2.07. The first-order chi connectivity index (χ1) is 19.5. The summed E-state index contributed by atoms with van der Waals surface area (Å²) in [6.07, 6.45) is 0.0102. The highest BCUT2D eigenvalue weighted by molar-refractivity contribution is 6.14. The summed E-state index contributed by atoms with van der Waals surface area (Å²) in [6, 6.07) is 8.01. The van der Waals surface area contributed by atoms with Gasteiger partial charge in [-0.25, -0.2) is 23.8 Å². The van der Waals surface area contributed by atoms with Gasteiger partial charge in [-0.3, -0.25) is 0 Å². The molecule has 0 saturated heterocycles. The molecule has 10 nitrogen and oxygen atoms in total. The van der Waals surface area contributed by atoms with Crippen LogP contribution in [0.1, 0.15) is 72.6 Å². The fourth-order valence-corrected chi connectivity index (χ4v) is 4.09. The third-order valence-corrected chi connectivity index (χ3v) is 5.81. The van der Waals surface area contributed by atoms with Gasteiger partial charge >= 0.3 is 18.2 Å². The van der Waals surface area contributed by atoms with E-state index in [4.69, 9.17) is 14.2 Å². The number of aliphatic carboxylic acids is 1. The van der Waals surface area contributed by atoms with E-state index in [-0.39, 0.29) is 23.7 Å². The van der Waals surface area contributed by atoms with Crippen LogP contribution in [0.25, 0.3) is 10.8 Å². The molecule has 0 radical (unpaired) electrons. The van der Waals surface area contributed by atoms with Crippen molar-refractivity contribution in [2.45, 2.75) is 79.1 Å². The maximum absolute atomic E-state index is 15.3. The zero-order chi connectivity index (χ0) is 31.4. The average molecular weight is 584 g/mol. The van der Waals surface area contributed by atoms with Crippen molar-refractivity contribution in [2.75, 3.05) is 16.8 Å². The molecule has 0 spiro atoms. The van der Waals surface area contributed by atoms with Gasteiger partial charge in [0.15, 0.2) is 23.4 Å². The first-order valence-electron chi connectivity index (χ1n) is 13.6. The molecule has 3 rings (SSSR count). The number of hydrogen-bond donors (Lipinski definition) is 2. The van der Waals surface area contributed by atoms with Crippen LogP contribution in [0.2, 0.25) is 0 Å². The number of anilines is 2. The van der Waals surface area contributed by atoms with Crippen LogP contribution in [0, 0.1) is 5.82 Å². The number of pyridine rings is 1. The van der Waals surface area contributed by atoms with Crippen LogP contribution in [0.15, 0.2) is 42.6 Å². The van der Waals surface area contributed by atoms with E-state index >= 15 is 4.39 Å². The summed E-state index contributed by atoms with van der Waals surface area (Å²) in [5, 5.41) is 13.8. The lowest BCUT2D eigenvalue weighted by atomic mass is 10.0. The molecule has 2 amide bonds. The van der Waals surface area contributed by atoms with Crippen LogP contribution in [-0.2, 0) is 20.7 Å².